The van der Waals surface area contributed by atoms with Crippen molar-refractivity contribution in [3.63, 3.8) is 0 Å². The van der Waals surface area contributed by atoms with E-state index in [0.29, 0.717) is 5.56 Å². The summed E-state index contributed by atoms with van der Waals surface area (Å²) in [5, 5.41) is 2.80. The topological polar surface area (TPSA) is 62.6 Å². The normalized spacial score (nSPS) is 16.4. The second kappa shape index (κ2) is 6.58. The molecule has 1 N–H and O–H groups in total. The van der Waals surface area contributed by atoms with Gasteiger partial charge in [0.1, 0.15) is 6.17 Å². The molecule has 1 amide bonds. The molecule has 0 aliphatic carbocycles. The fourth-order valence-electron chi connectivity index (χ4n) is 2.69. The van der Waals surface area contributed by atoms with E-state index in [0.717, 1.165) is 25.9 Å². The van der Waals surface area contributed by atoms with Crippen molar-refractivity contribution in [2.75, 3.05) is 13.1 Å². The lowest BCUT2D eigenvalue weighted by molar-refractivity contribution is 0.0713. The lowest BCUT2D eigenvalue weighted by atomic mass is 10.1. The van der Waals surface area contributed by atoms with E-state index in [4.69, 9.17) is 4.42 Å². The van der Waals surface area contributed by atoms with E-state index in [1.165, 1.54) is 6.26 Å². The smallest absolute Gasteiger partial charge is 0.288 e. The summed E-state index contributed by atoms with van der Waals surface area (Å²) in [6.45, 7) is 1.61. The van der Waals surface area contributed by atoms with Gasteiger partial charge < -0.3 is 9.73 Å². The summed E-state index contributed by atoms with van der Waals surface area (Å²) < 4.78 is 5.10. The van der Waals surface area contributed by atoms with Crippen LogP contribution in [-0.2, 0) is 0 Å². The number of nitrogens with one attached hydrogen (secondary N) is 1. The Morgan fingerprint density at radius 3 is 2.41 bits per heavy atom. The predicted octanol–water partition coefficient (Wildman–Crippen LogP) is 2.31. The number of Topliss-reactive ketones (excluding diaryl/α,β-unsaturated/α-hetero) is 1. The lowest BCUT2D eigenvalue weighted by Crippen LogP contribution is -2.52. The maximum atomic E-state index is 12.7. The molecular weight excluding hydrogens is 280 g/mol. The van der Waals surface area contributed by atoms with Crippen molar-refractivity contribution in [1.29, 1.82) is 0 Å². The Labute approximate surface area is 128 Å². The second-order valence-electron chi connectivity index (χ2n) is 5.33. The Kier molecular flexibility index (Phi) is 4.34. The molecule has 0 unspecified atom stereocenters. The van der Waals surface area contributed by atoms with Gasteiger partial charge in [0.05, 0.1) is 6.26 Å². The highest BCUT2D eigenvalue weighted by atomic mass is 16.3. The zero-order chi connectivity index (χ0) is 15.4. The van der Waals surface area contributed by atoms with Gasteiger partial charge >= 0.3 is 0 Å². The monoisotopic (exact) mass is 298 g/mol. The highest BCUT2D eigenvalue weighted by Crippen LogP contribution is 2.15. The van der Waals surface area contributed by atoms with Crippen LogP contribution in [-0.4, -0.2) is 35.8 Å². The molecule has 0 spiro atoms. The molecule has 1 aromatic heterocycles. The zero-order valence-electron chi connectivity index (χ0n) is 12.2. The molecule has 22 heavy (non-hydrogen) atoms. The van der Waals surface area contributed by atoms with Gasteiger partial charge in [-0.25, -0.2) is 0 Å². The van der Waals surface area contributed by atoms with Crippen LogP contribution in [0.15, 0.2) is 53.1 Å². The number of benzene rings is 1. The van der Waals surface area contributed by atoms with Gasteiger partial charge in [0, 0.05) is 18.7 Å². The summed E-state index contributed by atoms with van der Waals surface area (Å²) in [6.07, 6.45) is 2.87. The second-order valence-corrected chi connectivity index (χ2v) is 5.33. The fourth-order valence-corrected chi connectivity index (χ4v) is 2.69. The third-order valence-corrected chi connectivity index (χ3v) is 3.83. The molecule has 1 saturated heterocycles. The molecular formula is C17H18N2O3. The summed E-state index contributed by atoms with van der Waals surface area (Å²) in [7, 11) is 0. The molecule has 0 bridgehead atoms. The summed E-state index contributed by atoms with van der Waals surface area (Å²) in [4.78, 5) is 27.0. The van der Waals surface area contributed by atoms with E-state index in [-0.39, 0.29) is 17.5 Å². The number of amides is 1. The van der Waals surface area contributed by atoms with Gasteiger partial charge in [0.2, 0.25) is 0 Å². The van der Waals surface area contributed by atoms with Crippen LogP contribution in [0.1, 0.15) is 33.8 Å². The van der Waals surface area contributed by atoms with Gasteiger partial charge in [-0.3, -0.25) is 14.5 Å². The summed E-state index contributed by atoms with van der Waals surface area (Å²) in [6, 6.07) is 12.3. The molecule has 1 fully saturated rings. The van der Waals surface area contributed by atoms with E-state index in [9.17, 15) is 9.59 Å². The predicted molar refractivity (Wildman–Crippen MR) is 81.5 cm³/mol. The maximum Gasteiger partial charge on any atom is 0.288 e. The number of furan rings is 1. The van der Waals surface area contributed by atoms with Crippen molar-refractivity contribution in [3.8, 4) is 0 Å². The molecule has 1 atom stereocenters. The number of nitrogens with zero attached hydrogens (tertiary/aromatic N) is 1. The molecule has 3 rings (SSSR count). The van der Waals surface area contributed by atoms with Gasteiger partial charge in [-0.05, 0) is 25.0 Å². The van der Waals surface area contributed by atoms with Gasteiger partial charge in [-0.1, -0.05) is 30.3 Å². The molecule has 114 valence electrons. The number of hydrogen-bond acceptors (Lipinski definition) is 4. The minimum atomic E-state index is -0.650. The zero-order valence-corrected chi connectivity index (χ0v) is 12.2. The molecule has 2 heterocycles. The molecule has 1 aliphatic rings. The molecule has 5 heteroatoms. The third-order valence-electron chi connectivity index (χ3n) is 3.83. The third kappa shape index (κ3) is 3.09. The van der Waals surface area contributed by atoms with Crippen LogP contribution in [0.5, 0.6) is 0 Å². The van der Waals surface area contributed by atoms with Crippen LogP contribution in [0.2, 0.25) is 0 Å². The Balaban J connectivity index is 1.81. The number of hydrogen-bond donors (Lipinski definition) is 1. The Hall–Kier alpha value is -2.40. The average Bonchev–Trinajstić information content (AvgIpc) is 3.25. The van der Waals surface area contributed by atoms with Gasteiger partial charge in [0.25, 0.3) is 5.91 Å². The molecule has 1 aromatic carbocycles. The van der Waals surface area contributed by atoms with Crippen LogP contribution in [0.3, 0.4) is 0 Å². The van der Waals surface area contributed by atoms with Crippen molar-refractivity contribution in [2.45, 2.75) is 19.0 Å². The van der Waals surface area contributed by atoms with Crippen LogP contribution >= 0.6 is 0 Å². The first-order chi connectivity index (χ1) is 10.8. The molecule has 0 saturated carbocycles. The van der Waals surface area contributed by atoms with Crippen molar-refractivity contribution in [2.24, 2.45) is 0 Å². The van der Waals surface area contributed by atoms with Gasteiger partial charge in [-0.15, -0.1) is 0 Å². The SMILES string of the molecule is O=C(N[C@@H](C(=O)c1ccccc1)N1CCCC1)c1ccco1. The Morgan fingerprint density at radius 2 is 1.77 bits per heavy atom. The largest absolute Gasteiger partial charge is 0.459 e. The first kappa shape index (κ1) is 14.5. The Bertz CT molecular complexity index is 631. The standard InChI is InChI=1S/C17H18N2O3/c20-15(13-7-2-1-3-8-13)16(19-10-4-5-11-19)18-17(21)14-9-6-12-22-14/h1-3,6-9,12,16H,4-5,10-11H2,(H,18,21)/t16-/m1/s1. The lowest BCUT2D eigenvalue weighted by Gasteiger charge is -2.26. The number of carbonyl (C=O) groups excluding carboxylic acids is 2. The number of carbonyl (C=O) groups is 2. The quantitative estimate of drug-likeness (QED) is 0.860. The molecule has 5 nitrogen and oxygen atoms in total. The minimum absolute atomic E-state index is 0.0950. The van der Waals surface area contributed by atoms with Gasteiger partial charge in [-0.2, -0.15) is 0 Å². The van der Waals surface area contributed by atoms with Crippen LogP contribution in [0.4, 0.5) is 0 Å². The van der Waals surface area contributed by atoms with Crippen LogP contribution < -0.4 is 5.32 Å². The number of ketones is 1. The number of likely N-dealkylation sites (tertiary alicyclic amines) is 1. The van der Waals surface area contributed by atoms with Crippen molar-refractivity contribution in [1.82, 2.24) is 10.2 Å². The number of rotatable bonds is 5. The summed E-state index contributed by atoms with van der Waals surface area (Å²) >= 11 is 0. The average molecular weight is 298 g/mol. The van der Waals surface area contributed by atoms with Gasteiger partial charge in [0.15, 0.2) is 11.5 Å². The van der Waals surface area contributed by atoms with Crippen molar-refractivity contribution < 1.29 is 14.0 Å². The van der Waals surface area contributed by atoms with Crippen molar-refractivity contribution in [3.05, 3.63) is 60.1 Å². The molecule has 0 radical (unpaired) electrons. The van der Waals surface area contributed by atoms with E-state index in [2.05, 4.69) is 5.32 Å². The van der Waals surface area contributed by atoms with E-state index >= 15 is 0 Å². The molecule has 1 aliphatic heterocycles. The highest BCUT2D eigenvalue weighted by Gasteiger charge is 2.31. The highest BCUT2D eigenvalue weighted by molar-refractivity contribution is 6.03. The van der Waals surface area contributed by atoms with E-state index in [1.807, 2.05) is 23.1 Å². The summed E-state index contributed by atoms with van der Waals surface area (Å²) in [5.41, 5.74) is 0.596. The first-order valence-electron chi connectivity index (χ1n) is 7.43. The fraction of sp³-hybridized carbons (Fsp3) is 0.294. The molecule has 2 aromatic rings. The maximum absolute atomic E-state index is 12.7. The van der Waals surface area contributed by atoms with Crippen LogP contribution in [0.25, 0.3) is 0 Å². The summed E-state index contributed by atoms with van der Waals surface area (Å²) in [5.74, 6) is -0.251. The van der Waals surface area contributed by atoms with Crippen molar-refractivity contribution >= 4 is 11.7 Å². The Morgan fingerprint density at radius 1 is 1.05 bits per heavy atom. The van der Waals surface area contributed by atoms with Crippen LogP contribution in [0, 0.1) is 0 Å². The first-order valence-corrected chi connectivity index (χ1v) is 7.43. The van der Waals surface area contributed by atoms with E-state index < -0.39 is 6.17 Å². The van der Waals surface area contributed by atoms with E-state index in [1.54, 1.807) is 24.3 Å². The minimum Gasteiger partial charge on any atom is -0.459 e.